The van der Waals surface area contributed by atoms with Gasteiger partial charge in [-0.2, -0.15) is 0 Å². The fraction of sp³-hybridized carbons (Fsp3) is 0.667. The van der Waals surface area contributed by atoms with Crippen LogP contribution in [-0.2, 0) is 0 Å². The molecular formula is C18H32N2O. The van der Waals surface area contributed by atoms with Crippen LogP contribution in [0.1, 0.15) is 47.5 Å². The smallest absolute Gasteiger partial charge is 0.144 e. The molecule has 0 saturated carbocycles. The van der Waals surface area contributed by atoms with Gasteiger partial charge in [0.15, 0.2) is 0 Å². The van der Waals surface area contributed by atoms with Gasteiger partial charge in [-0.1, -0.05) is 33.8 Å². The summed E-state index contributed by atoms with van der Waals surface area (Å²) in [5.41, 5.74) is 8.20. The Morgan fingerprint density at radius 1 is 1.05 bits per heavy atom. The van der Waals surface area contributed by atoms with E-state index in [1.165, 1.54) is 12.8 Å². The van der Waals surface area contributed by atoms with Crippen LogP contribution >= 0.6 is 0 Å². The van der Waals surface area contributed by atoms with Crippen molar-refractivity contribution in [2.75, 3.05) is 30.3 Å². The molecule has 0 unspecified atom stereocenters. The number of benzene rings is 1. The predicted octanol–water partition coefficient (Wildman–Crippen LogP) is 4.57. The molecule has 21 heavy (non-hydrogen) atoms. The SMILES string of the molecule is CCOc1cccc(N(CCC(C)C)CCC(C)C)c1N. The Hall–Kier alpha value is -1.38. The van der Waals surface area contributed by atoms with E-state index >= 15 is 0 Å². The highest BCUT2D eigenvalue weighted by Gasteiger charge is 2.14. The number of ether oxygens (including phenoxy) is 1. The van der Waals surface area contributed by atoms with Crippen LogP contribution in [0.25, 0.3) is 0 Å². The number of nitrogens with two attached hydrogens (primary N) is 1. The highest BCUT2D eigenvalue weighted by Crippen LogP contribution is 2.33. The number of nitrogens with zero attached hydrogens (tertiary/aromatic N) is 1. The molecule has 0 bridgehead atoms. The third-order valence-electron chi connectivity index (χ3n) is 3.64. The number of para-hydroxylation sites is 1. The van der Waals surface area contributed by atoms with E-state index in [9.17, 15) is 0 Å². The van der Waals surface area contributed by atoms with Crippen molar-refractivity contribution in [3.63, 3.8) is 0 Å². The topological polar surface area (TPSA) is 38.5 Å². The Morgan fingerprint density at radius 2 is 1.62 bits per heavy atom. The van der Waals surface area contributed by atoms with Gasteiger partial charge in [0.1, 0.15) is 5.75 Å². The summed E-state index contributed by atoms with van der Waals surface area (Å²) in [5.74, 6) is 2.19. The molecular weight excluding hydrogens is 260 g/mol. The second-order valence-electron chi connectivity index (χ2n) is 6.47. The fourth-order valence-corrected chi connectivity index (χ4v) is 2.27. The van der Waals surface area contributed by atoms with Crippen molar-refractivity contribution in [1.29, 1.82) is 0 Å². The van der Waals surface area contributed by atoms with Crippen molar-refractivity contribution in [2.45, 2.75) is 47.5 Å². The Kier molecular flexibility index (Phi) is 7.41. The molecule has 0 saturated heterocycles. The van der Waals surface area contributed by atoms with Gasteiger partial charge in [-0.05, 0) is 43.7 Å². The lowest BCUT2D eigenvalue weighted by Crippen LogP contribution is -2.28. The molecule has 0 aliphatic heterocycles. The summed E-state index contributed by atoms with van der Waals surface area (Å²) < 4.78 is 5.63. The number of hydrogen-bond donors (Lipinski definition) is 1. The van der Waals surface area contributed by atoms with Crippen molar-refractivity contribution in [2.24, 2.45) is 11.8 Å². The zero-order valence-corrected chi connectivity index (χ0v) is 14.4. The van der Waals surface area contributed by atoms with Crippen LogP contribution in [0.5, 0.6) is 5.75 Å². The first-order chi connectivity index (χ1) is 9.95. The molecule has 0 aliphatic carbocycles. The van der Waals surface area contributed by atoms with E-state index in [0.29, 0.717) is 18.4 Å². The molecule has 0 fully saturated rings. The van der Waals surface area contributed by atoms with E-state index < -0.39 is 0 Å². The van der Waals surface area contributed by atoms with Gasteiger partial charge in [0.05, 0.1) is 18.0 Å². The Morgan fingerprint density at radius 3 is 2.10 bits per heavy atom. The second kappa shape index (κ2) is 8.81. The van der Waals surface area contributed by atoms with Crippen LogP contribution in [0, 0.1) is 11.8 Å². The Balaban J connectivity index is 2.92. The van der Waals surface area contributed by atoms with Gasteiger partial charge in [0.25, 0.3) is 0 Å². The van der Waals surface area contributed by atoms with Crippen LogP contribution < -0.4 is 15.4 Å². The second-order valence-corrected chi connectivity index (χ2v) is 6.47. The van der Waals surface area contributed by atoms with E-state index in [-0.39, 0.29) is 0 Å². The molecule has 1 rings (SSSR count). The summed E-state index contributed by atoms with van der Waals surface area (Å²) in [4.78, 5) is 2.41. The number of hydrogen-bond acceptors (Lipinski definition) is 3. The van der Waals surface area contributed by atoms with Crippen molar-refractivity contribution in [3.05, 3.63) is 18.2 Å². The average molecular weight is 292 g/mol. The molecule has 0 heterocycles. The molecule has 0 spiro atoms. The zero-order chi connectivity index (χ0) is 15.8. The summed E-state index contributed by atoms with van der Waals surface area (Å²) in [6.45, 7) is 13.8. The molecule has 3 nitrogen and oxygen atoms in total. The van der Waals surface area contributed by atoms with Crippen molar-refractivity contribution < 1.29 is 4.74 Å². The van der Waals surface area contributed by atoms with E-state index in [2.05, 4.69) is 38.7 Å². The molecule has 1 aromatic rings. The van der Waals surface area contributed by atoms with Crippen molar-refractivity contribution in [3.8, 4) is 5.75 Å². The van der Waals surface area contributed by atoms with Crippen LogP contribution in [0.15, 0.2) is 18.2 Å². The molecule has 0 aliphatic rings. The molecule has 120 valence electrons. The highest BCUT2D eigenvalue weighted by atomic mass is 16.5. The summed E-state index contributed by atoms with van der Waals surface area (Å²) in [5, 5.41) is 0. The van der Waals surface area contributed by atoms with Crippen LogP contribution in [0.2, 0.25) is 0 Å². The van der Waals surface area contributed by atoms with Gasteiger partial charge in [-0.25, -0.2) is 0 Å². The van der Waals surface area contributed by atoms with Gasteiger partial charge >= 0.3 is 0 Å². The maximum Gasteiger partial charge on any atom is 0.144 e. The Labute approximate surface area is 130 Å². The van der Waals surface area contributed by atoms with Gasteiger partial charge in [0, 0.05) is 13.1 Å². The summed E-state index contributed by atoms with van der Waals surface area (Å²) in [6, 6.07) is 6.10. The molecule has 0 aromatic heterocycles. The van der Waals surface area contributed by atoms with Gasteiger partial charge < -0.3 is 15.4 Å². The molecule has 0 radical (unpaired) electrons. The summed E-state index contributed by atoms with van der Waals surface area (Å²) >= 11 is 0. The largest absolute Gasteiger partial charge is 0.492 e. The normalized spacial score (nSPS) is 11.2. The number of rotatable bonds is 9. The average Bonchev–Trinajstić information content (AvgIpc) is 2.41. The summed E-state index contributed by atoms with van der Waals surface area (Å²) in [7, 11) is 0. The zero-order valence-electron chi connectivity index (χ0n) is 14.4. The van der Waals surface area contributed by atoms with Crippen LogP contribution in [0.3, 0.4) is 0 Å². The van der Waals surface area contributed by atoms with E-state index in [1.54, 1.807) is 0 Å². The van der Waals surface area contributed by atoms with Crippen molar-refractivity contribution >= 4 is 11.4 Å². The molecule has 1 aromatic carbocycles. The van der Waals surface area contributed by atoms with Crippen LogP contribution in [0.4, 0.5) is 11.4 Å². The maximum atomic E-state index is 6.32. The molecule has 2 N–H and O–H groups in total. The van der Waals surface area contributed by atoms with E-state index in [4.69, 9.17) is 10.5 Å². The first-order valence-corrected chi connectivity index (χ1v) is 8.21. The third kappa shape index (κ3) is 5.86. The minimum atomic E-state index is 0.644. The number of nitrogen functional groups attached to an aromatic ring is 1. The quantitative estimate of drug-likeness (QED) is 0.678. The molecule has 0 amide bonds. The standard InChI is InChI=1S/C18H32N2O/c1-6-21-17-9-7-8-16(18(17)19)20(12-10-14(2)3)13-11-15(4)5/h7-9,14-15H,6,10-13,19H2,1-5H3. The fourth-order valence-electron chi connectivity index (χ4n) is 2.27. The lowest BCUT2D eigenvalue weighted by atomic mass is 10.1. The predicted molar refractivity (Wildman–Crippen MR) is 93.1 cm³/mol. The molecule has 3 heteroatoms. The van der Waals surface area contributed by atoms with Crippen molar-refractivity contribution in [1.82, 2.24) is 0 Å². The van der Waals surface area contributed by atoms with Crippen LogP contribution in [-0.4, -0.2) is 19.7 Å². The highest BCUT2D eigenvalue weighted by molar-refractivity contribution is 5.74. The van der Waals surface area contributed by atoms with E-state index in [0.717, 1.165) is 30.2 Å². The lowest BCUT2D eigenvalue weighted by Gasteiger charge is -2.28. The minimum Gasteiger partial charge on any atom is -0.492 e. The monoisotopic (exact) mass is 292 g/mol. The maximum absolute atomic E-state index is 6.32. The van der Waals surface area contributed by atoms with E-state index in [1.807, 2.05) is 19.1 Å². The molecule has 0 atom stereocenters. The lowest BCUT2D eigenvalue weighted by molar-refractivity contribution is 0.342. The number of anilines is 2. The minimum absolute atomic E-state index is 0.644. The first-order valence-electron chi connectivity index (χ1n) is 8.21. The van der Waals surface area contributed by atoms with Gasteiger partial charge in [-0.3, -0.25) is 0 Å². The Bertz CT molecular complexity index is 404. The van der Waals surface area contributed by atoms with Gasteiger partial charge in [0.2, 0.25) is 0 Å². The third-order valence-corrected chi connectivity index (χ3v) is 3.64. The summed E-state index contributed by atoms with van der Waals surface area (Å²) in [6.07, 6.45) is 2.35. The van der Waals surface area contributed by atoms with Gasteiger partial charge in [-0.15, -0.1) is 0 Å². The first kappa shape index (κ1) is 17.7.